The van der Waals surface area contributed by atoms with E-state index >= 15 is 0 Å². The van der Waals surface area contributed by atoms with E-state index in [1.165, 1.54) is 0 Å². The summed E-state index contributed by atoms with van der Waals surface area (Å²) in [5.41, 5.74) is 3.09. The van der Waals surface area contributed by atoms with Crippen molar-refractivity contribution in [3.63, 3.8) is 0 Å². The second-order valence-corrected chi connectivity index (χ2v) is 4.79. The van der Waals surface area contributed by atoms with E-state index in [9.17, 15) is 5.26 Å². The number of nitrogens with zero attached hydrogens (tertiary/aromatic N) is 2. The highest BCUT2D eigenvalue weighted by molar-refractivity contribution is 5.50. The number of benzene rings is 1. The molecule has 0 unspecified atom stereocenters. The van der Waals surface area contributed by atoms with Gasteiger partial charge in [-0.3, -0.25) is 4.98 Å². The molecule has 1 aromatic heterocycles. The van der Waals surface area contributed by atoms with E-state index in [4.69, 9.17) is 9.84 Å². The summed E-state index contributed by atoms with van der Waals surface area (Å²) >= 11 is 0. The van der Waals surface area contributed by atoms with Crippen molar-refractivity contribution in [1.29, 1.82) is 5.26 Å². The first-order valence-electron chi connectivity index (χ1n) is 6.92. The third-order valence-corrected chi connectivity index (χ3v) is 3.23. The third-order valence-electron chi connectivity index (χ3n) is 3.23. The van der Waals surface area contributed by atoms with E-state index in [1.54, 1.807) is 6.20 Å². The Hall–Kier alpha value is -2.38. The van der Waals surface area contributed by atoms with Crippen LogP contribution in [0, 0.1) is 18.3 Å². The quantitative estimate of drug-likeness (QED) is 0.884. The minimum absolute atomic E-state index is 0.0962. The number of aryl methyl sites for hydroxylation is 2. The van der Waals surface area contributed by atoms with Gasteiger partial charge in [-0.15, -0.1) is 0 Å². The average molecular weight is 282 g/mol. The van der Waals surface area contributed by atoms with Gasteiger partial charge >= 0.3 is 0 Å². The number of rotatable bonds is 6. The molecule has 21 heavy (non-hydrogen) atoms. The predicted molar refractivity (Wildman–Crippen MR) is 79.9 cm³/mol. The molecular weight excluding hydrogens is 264 g/mol. The van der Waals surface area contributed by atoms with Gasteiger partial charge in [0.15, 0.2) is 5.75 Å². The molecule has 4 heteroatoms. The van der Waals surface area contributed by atoms with Crippen LogP contribution in [0.15, 0.2) is 36.5 Å². The van der Waals surface area contributed by atoms with Crippen LogP contribution >= 0.6 is 0 Å². The molecule has 108 valence electrons. The maximum absolute atomic E-state index is 9.40. The smallest absolute Gasteiger partial charge is 0.159 e. The van der Waals surface area contributed by atoms with Crippen LogP contribution in [0.2, 0.25) is 0 Å². The Morgan fingerprint density at radius 3 is 2.71 bits per heavy atom. The number of aliphatic hydroxyl groups excluding tert-OH is 1. The highest BCUT2D eigenvalue weighted by Gasteiger charge is 2.13. The number of pyridine rings is 1. The fraction of sp³-hybridized carbons (Fsp3) is 0.294. The number of hydrogen-bond acceptors (Lipinski definition) is 4. The van der Waals surface area contributed by atoms with Crippen LogP contribution in [0.5, 0.6) is 5.75 Å². The first-order chi connectivity index (χ1) is 10.3. The zero-order chi connectivity index (χ0) is 15.1. The van der Waals surface area contributed by atoms with E-state index in [0.29, 0.717) is 36.5 Å². The summed E-state index contributed by atoms with van der Waals surface area (Å²) in [7, 11) is 0. The van der Waals surface area contributed by atoms with Crippen molar-refractivity contribution in [3.05, 3.63) is 58.9 Å². The summed E-state index contributed by atoms with van der Waals surface area (Å²) in [6, 6.07) is 12.0. The van der Waals surface area contributed by atoms with Gasteiger partial charge in [-0.05, 0) is 30.9 Å². The molecule has 2 aromatic rings. The summed E-state index contributed by atoms with van der Waals surface area (Å²) in [5, 5.41) is 18.3. The van der Waals surface area contributed by atoms with E-state index < -0.39 is 0 Å². The van der Waals surface area contributed by atoms with Crippen molar-refractivity contribution in [3.8, 4) is 11.8 Å². The number of aromatic nitrogens is 1. The summed E-state index contributed by atoms with van der Waals surface area (Å²) in [6.07, 6.45) is 2.92. The molecule has 0 aliphatic carbocycles. The maximum atomic E-state index is 9.40. The van der Waals surface area contributed by atoms with Gasteiger partial charge in [0, 0.05) is 12.8 Å². The van der Waals surface area contributed by atoms with E-state index in [2.05, 4.69) is 11.1 Å². The molecule has 0 spiro atoms. The monoisotopic (exact) mass is 282 g/mol. The van der Waals surface area contributed by atoms with Crippen molar-refractivity contribution >= 4 is 0 Å². The van der Waals surface area contributed by atoms with Crippen LogP contribution in [-0.2, 0) is 13.0 Å². The predicted octanol–water partition coefficient (Wildman–Crippen LogP) is 2.77. The molecular formula is C17H18N2O2. The molecule has 1 N–H and O–H groups in total. The lowest BCUT2D eigenvalue weighted by atomic mass is 10.0. The zero-order valence-corrected chi connectivity index (χ0v) is 12.0. The van der Waals surface area contributed by atoms with Crippen LogP contribution in [0.25, 0.3) is 0 Å². The van der Waals surface area contributed by atoms with E-state index in [-0.39, 0.29) is 6.61 Å². The van der Waals surface area contributed by atoms with Gasteiger partial charge in [0.05, 0.1) is 5.69 Å². The molecule has 0 fully saturated rings. The number of aliphatic hydroxyl groups is 1. The topological polar surface area (TPSA) is 66.1 Å². The summed E-state index contributed by atoms with van der Waals surface area (Å²) < 4.78 is 5.82. The second kappa shape index (κ2) is 7.41. The Morgan fingerprint density at radius 1 is 1.29 bits per heavy atom. The Morgan fingerprint density at radius 2 is 2.05 bits per heavy atom. The standard InChI is InChI=1S/C17H18N2O2/c1-13-17(21-12-14-6-3-2-4-7-14)16(10-18)15(11-19-13)8-5-9-20/h2-4,6-7,11,20H,5,8-9,12H2,1H3. The molecule has 1 aromatic carbocycles. The second-order valence-electron chi connectivity index (χ2n) is 4.79. The molecule has 0 aliphatic rings. The molecule has 0 aliphatic heterocycles. The van der Waals surface area contributed by atoms with Crippen LogP contribution < -0.4 is 4.74 Å². The molecule has 0 radical (unpaired) electrons. The summed E-state index contributed by atoms with van der Waals surface area (Å²) in [5.74, 6) is 0.539. The van der Waals surface area contributed by atoms with Crippen LogP contribution in [0.4, 0.5) is 0 Å². The molecule has 0 atom stereocenters. The van der Waals surface area contributed by atoms with Gasteiger partial charge in [-0.2, -0.15) is 5.26 Å². The molecule has 0 saturated carbocycles. The van der Waals surface area contributed by atoms with Gasteiger partial charge in [-0.25, -0.2) is 0 Å². The van der Waals surface area contributed by atoms with Gasteiger partial charge < -0.3 is 9.84 Å². The molecule has 0 amide bonds. The van der Waals surface area contributed by atoms with Crippen molar-refractivity contribution in [2.75, 3.05) is 6.61 Å². The minimum Gasteiger partial charge on any atom is -0.486 e. The fourth-order valence-electron chi connectivity index (χ4n) is 2.11. The van der Waals surface area contributed by atoms with E-state index in [0.717, 1.165) is 11.1 Å². The SMILES string of the molecule is Cc1ncc(CCCO)c(C#N)c1OCc1ccccc1. The molecule has 4 nitrogen and oxygen atoms in total. The molecule has 0 bridgehead atoms. The fourth-order valence-corrected chi connectivity index (χ4v) is 2.11. The van der Waals surface area contributed by atoms with Crippen molar-refractivity contribution in [2.24, 2.45) is 0 Å². The van der Waals surface area contributed by atoms with Crippen molar-refractivity contribution in [1.82, 2.24) is 4.98 Å². The average Bonchev–Trinajstić information content (AvgIpc) is 2.53. The highest BCUT2D eigenvalue weighted by Crippen LogP contribution is 2.26. The van der Waals surface area contributed by atoms with Crippen LogP contribution in [0.1, 0.15) is 28.8 Å². The summed E-state index contributed by atoms with van der Waals surface area (Å²) in [6.45, 7) is 2.33. The van der Waals surface area contributed by atoms with Gasteiger partial charge in [0.25, 0.3) is 0 Å². The first-order valence-corrected chi connectivity index (χ1v) is 6.92. The molecule has 1 heterocycles. The first kappa shape index (κ1) is 15.0. The number of hydrogen-bond donors (Lipinski definition) is 1. The lowest BCUT2D eigenvalue weighted by molar-refractivity contribution is 0.287. The Balaban J connectivity index is 2.23. The Labute approximate surface area is 124 Å². The zero-order valence-electron chi connectivity index (χ0n) is 12.0. The van der Waals surface area contributed by atoms with Gasteiger partial charge in [-0.1, -0.05) is 30.3 Å². The van der Waals surface area contributed by atoms with Gasteiger partial charge in [0.1, 0.15) is 18.2 Å². The Bertz CT molecular complexity index is 633. The number of nitriles is 1. The Kier molecular flexibility index (Phi) is 5.30. The van der Waals surface area contributed by atoms with Crippen molar-refractivity contribution in [2.45, 2.75) is 26.4 Å². The molecule has 2 rings (SSSR count). The molecule has 0 saturated heterocycles. The highest BCUT2D eigenvalue weighted by atomic mass is 16.5. The van der Waals surface area contributed by atoms with Crippen molar-refractivity contribution < 1.29 is 9.84 Å². The normalized spacial score (nSPS) is 10.1. The lowest BCUT2D eigenvalue weighted by Gasteiger charge is -2.13. The van der Waals surface area contributed by atoms with Crippen LogP contribution in [-0.4, -0.2) is 16.7 Å². The minimum atomic E-state index is 0.0962. The van der Waals surface area contributed by atoms with Gasteiger partial charge in [0.2, 0.25) is 0 Å². The third kappa shape index (κ3) is 3.80. The summed E-state index contributed by atoms with van der Waals surface area (Å²) in [4.78, 5) is 4.30. The lowest BCUT2D eigenvalue weighted by Crippen LogP contribution is -2.04. The number of ether oxygens (including phenoxy) is 1. The maximum Gasteiger partial charge on any atom is 0.159 e. The van der Waals surface area contributed by atoms with E-state index in [1.807, 2.05) is 37.3 Å². The largest absolute Gasteiger partial charge is 0.486 e. The van der Waals surface area contributed by atoms with Crippen LogP contribution in [0.3, 0.4) is 0 Å².